The third-order valence-electron chi connectivity index (χ3n) is 3.60. The van der Waals surface area contributed by atoms with E-state index >= 15 is 0 Å². The number of carbonyl (C=O) groups excluding carboxylic acids is 1. The monoisotopic (exact) mass is 353 g/mol. The van der Waals surface area contributed by atoms with Crippen molar-refractivity contribution in [1.29, 1.82) is 0 Å². The summed E-state index contributed by atoms with van der Waals surface area (Å²) in [4.78, 5) is 13.5. The number of nitrogens with one attached hydrogen (secondary N) is 2. The molecule has 0 aliphatic carbocycles. The number of aromatic nitrogens is 2. The second kappa shape index (κ2) is 8.50. The third kappa shape index (κ3) is 5.10. The number of aliphatic hydroxyl groups excluding tert-OH is 1. The molecule has 0 saturated carbocycles. The fraction of sp³-hybridized carbons (Fsp3) is 0.500. The van der Waals surface area contributed by atoms with Gasteiger partial charge in [-0.05, 0) is 38.1 Å². The number of piperidine rings is 1. The molecular weight excluding hydrogens is 330 g/mol. The van der Waals surface area contributed by atoms with Crippen molar-refractivity contribution < 1.29 is 9.90 Å². The summed E-state index contributed by atoms with van der Waals surface area (Å²) in [5, 5.41) is 23.9. The van der Waals surface area contributed by atoms with Crippen molar-refractivity contribution in [1.82, 2.24) is 15.1 Å². The molecule has 24 heavy (non-hydrogen) atoms. The summed E-state index contributed by atoms with van der Waals surface area (Å²) in [7, 11) is 0. The molecule has 9 nitrogen and oxygen atoms in total. The number of likely N-dealkylation sites (tertiary alicyclic amines) is 1. The van der Waals surface area contributed by atoms with Gasteiger partial charge in [-0.1, -0.05) is 11.3 Å². The van der Waals surface area contributed by atoms with Gasteiger partial charge in [0.1, 0.15) is 6.10 Å². The first-order valence-corrected chi connectivity index (χ1v) is 8.49. The second-order valence-electron chi connectivity index (χ2n) is 5.46. The summed E-state index contributed by atoms with van der Waals surface area (Å²) in [6.45, 7) is 3.07. The number of aliphatic hydroxyl groups is 1. The summed E-state index contributed by atoms with van der Waals surface area (Å²) >= 11 is 1.24. The van der Waals surface area contributed by atoms with E-state index in [1.165, 1.54) is 24.5 Å². The molecule has 10 heteroatoms. The average molecular weight is 353 g/mol. The first-order chi connectivity index (χ1) is 11.5. The number of nitrogens with two attached hydrogens (primary N) is 2. The molecule has 1 aromatic rings. The molecule has 1 fully saturated rings. The number of rotatable bonds is 6. The zero-order valence-corrected chi connectivity index (χ0v) is 14.3. The maximum absolute atomic E-state index is 11.4. The second-order valence-corrected chi connectivity index (χ2v) is 6.44. The SMILES string of the molecule is CC(O)C(=O)Nc1nnc(NC2CCN(/C(N)=C/C=C\N)CC2)s1. The van der Waals surface area contributed by atoms with Crippen LogP contribution in [0.5, 0.6) is 0 Å². The quantitative estimate of drug-likeness (QED) is 0.450. The van der Waals surface area contributed by atoms with Crippen LogP contribution in [-0.4, -0.2) is 51.3 Å². The van der Waals surface area contributed by atoms with Gasteiger partial charge < -0.3 is 26.8 Å². The molecule has 1 atom stereocenters. The van der Waals surface area contributed by atoms with Crippen LogP contribution < -0.4 is 22.1 Å². The highest BCUT2D eigenvalue weighted by Gasteiger charge is 2.21. The van der Waals surface area contributed by atoms with Crippen LogP contribution in [-0.2, 0) is 4.79 Å². The van der Waals surface area contributed by atoms with Crippen molar-refractivity contribution in [3.63, 3.8) is 0 Å². The molecule has 1 aliphatic heterocycles. The van der Waals surface area contributed by atoms with Crippen molar-refractivity contribution in [2.75, 3.05) is 23.7 Å². The van der Waals surface area contributed by atoms with Crippen molar-refractivity contribution in [3.05, 3.63) is 24.2 Å². The van der Waals surface area contributed by atoms with E-state index in [0.29, 0.717) is 16.1 Å². The van der Waals surface area contributed by atoms with Gasteiger partial charge in [0.2, 0.25) is 10.3 Å². The predicted molar refractivity (Wildman–Crippen MR) is 94.0 cm³/mol. The van der Waals surface area contributed by atoms with E-state index in [2.05, 4.69) is 25.7 Å². The predicted octanol–water partition coefficient (Wildman–Crippen LogP) is 0.00620. The van der Waals surface area contributed by atoms with Crippen molar-refractivity contribution in [3.8, 4) is 0 Å². The maximum Gasteiger partial charge on any atom is 0.254 e. The van der Waals surface area contributed by atoms with Gasteiger partial charge in [-0.15, -0.1) is 10.2 Å². The molecule has 1 aliphatic rings. The van der Waals surface area contributed by atoms with Crippen LogP contribution in [0.1, 0.15) is 19.8 Å². The number of nitrogens with zero attached hydrogens (tertiary/aromatic N) is 3. The number of hydrogen-bond acceptors (Lipinski definition) is 9. The van der Waals surface area contributed by atoms with Gasteiger partial charge in [-0.2, -0.15) is 0 Å². The van der Waals surface area contributed by atoms with E-state index in [9.17, 15) is 9.90 Å². The lowest BCUT2D eigenvalue weighted by Crippen LogP contribution is -2.40. The number of carbonyl (C=O) groups is 1. The standard InChI is InChI=1S/C14H23N7O2S/c1-9(22)12(23)18-14-20-19-13(24-14)17-10-4-7-21(8-5-10)11(16)3-2-6-15/h2-3,6,9-10,22H,4-5,7-8,15-16H2,1H3,(H,17,19)(H,18,20,23)/b6-2-,11-3+. The highest BCUT2D eigenvalue weighted by atomic mass is 32.1. The number of allylic oxidation sites excluding steroid dienone is 2. The van der Waals surface area contributed by atoms with Gasteiger partial charge in [0.25, 0.3) is 5.91 Å². The van der Waals surface area contributed by atoms with Crippen LogP contribution in [0.3, 0.4) is 0 Å². The summed E-state index contributed by atoms with van der Waals surface area (Å²) in [6, 6.07) is 0.271. The summed E-state index contributed by atoms with van der Waals surface area (Å²) in [5.74, 6) is 0.203. The van der Waals surface area contributed by atoms with Crippen LogP contribution in [0.25, 0.3) is 0 Å². The highest BCUT2D eigenvalue weighted by molar-refractivity contribution is 7.19. The molecule has 132 valence electrons. The summed E-state index contributed by atoms with van der Waals surface area (Å²) in [5.41, 5.74) is 11.3. The Hall–Kier alpha value is -2.33. The van der Waals surface area contributed by atoms with Gasteiger partial charge in [0, 0.05) is 19.1 Å². The van der Waals surface area contributed by atoms with Crippen LogP contribution >= 0.6 is 11.3 Å². The van der Waals surface area contributed by atoms with Gasteiger partial charge in [-0.25, -0.2) is 0 Å². The number of anilines is 2. The Morgan fingerprint density at radius 1 is 1.42 bits per heavy atom. The fourth-order valence-corrected chi connectivity index (χ4v) is 2.98. The van der Waals surface area contributed by atoms with Crippen molar-refractivity contribution in [2.24, 2.45) is 11.5 Å². The molecule has 1 unspecified atom stereocenters. The van der Waals surface area contributed by atoms with E-state index in [0.717, 1.165) is 25.9 Å². The first kappa shape index (κ1) is 18.0. The normalized spacial score (nSPS) is 17.9. The molecule has 0 spiro atoms. The Balaban J connectivity index is 1.82. The van der Waals surface area contributed by atoms with E-state index in [4.69, 9.17) is 11.5 Å². The Kier molecular flexibility index (Phi) is 6.38. The summed E-state index contributed by atoms with van der Waals surface area (Å²) < 4.78 is 0. The maximum atomic E-state index is 11.4. The molecule has 0 aromatic carbocycles. The van der Waals surface area contributed by atoms with E-state index < -0.39 is 12.0 Å². The minimum Gasteiger partial charge on any atom is -0.405 e. The Morgan fingerprint density at radius 3 is 2.71 bits per heavy atom. The topological polar surface area (TPSA) is 142 Å². The van der Waals surface area contributed by atoms with Crippen molar-refractivity contribution >= 4 is 27.5 Å². The van der Waals surface area contributed by atoms with Crippen LogP contribution in [0, 0.1) is 0 Å². The largest absolute Gasteiger partial charge is 0.405 e. The van der Waals surface area contributed by atoms with Gasteiger partial charge >= 0.3 is 0 Å². The van der Waals surface area contributed by atoms with Crippen LogP contribution in [0.2, 0.25) is 0 Å². The zero-order chi connectivity index (χ0) is 17.5. The Morgan fingerprint density at radius 2 is 2.08 bits per heavy atom. The molecule has 0 radical (unpaired) electrons. The summed E-state index contributed by atoms with van der Waals surface area (Å²) in [6.07, 6.45) is 5.69. The van der Waals surface area contributed by atoms with E-state index in [-0.39, 0.29) is 6.04 Å². The van der Waals surface area contributed by atoms with Crippen molar-refractivity contribution in [2.45, 2.75) is 31.9 Å². The molecule has 1 saturated heterocycles. The van der Waals surface area contributed by atoms with Crippen LogP contribution in [0.4, 0.5) is 10.3 Å². The van der Waals surface area contributed by atoms with Gasteiger partial charge in [0.05, 0.1) is 5.82 Å². The van der Waals surface area contributed by atoms with Crippen LogP contribution in [0.15, 0.2) is 24.2 Å². The van der Waals surface area contributed by atoms with Gasteiger partial charge in [-0.3, -0.25) is 10.1 Å². The fourth-order valence-electron chi connectivity index (χ4n) is 2.26. The molecule has 2 rings (SSSR count). The number of hydrogen-bond donors (Lipinski definition) is 5. The first-order valence-electron chi connectivity index (χ1n) is 7.67. The van der Waals surface area contributed by atoms with Gasteiger partial charge in [0.15, 0.2) is 0 Å². The molecule has 0 bridgehead atoms. The lowest BCUT2D eigenvalue weighted by Gasteiger charge is -2.33. The molecular formula is C14H23N7O2S. The van der Waals surface area contributed by atoms with E-state index in [1.807, 2.05) is 0 Å². The van der Waals surface area contributed by atoms with E-state index in [1.54, 1.807) is 12.2 Å². The number of amides is 1. The Bertz CT molecular complexity index is 606. The Labute approximate surface area is 144 Å². The third-order valence-corrected chi connectivity index (χ3v) is 4.37. The highest BCUT2D eigenvalue weighted by Crippen LogP contribution is 2.23. The average Bonchev–Trinajstić information content (AvgIpc) is 3.00. The molecule has 7 N–H and O–H groups in total. The minimum atomic E-state index is -1.08. The zero-order valence-electron chi connectivity index (χ0n) is 13.5. The lowest BCUT2D eigenvalue weighted by molar-refractivity contribution is -0.123. The molecule has 1 amide bonds. The lowest BCUT2D eigenvalue weighted by atomic mass is 10.1. The molecule has 2 heterocycles. The smallest absolute Gasteiger partial charge is 0.254 e. The minimum absolute atomic E-state index is 0.271. The molecule has 1 aromatic heterocycles.